The van der Waals surface area contributed by atoms with Crippen molar-refractivity contribution in [2.45, 2.75) is 186 Å². The SMILES string of the molecule is CCCCC/C=C\C/C=C\C/C=C\CC1OC1CCCC(=O)O[C@H](COC(=O)CCCCCCC/C=C\CCCCCCCC)COP(=O)(O)O. The van der Waals surface area contributed by atoms with Crippen LogP contribution in [0.1, 0.15) is 168 Å². The fourth-order valence-electron chi connectivity index (χ4n) is 5.63. The van der Waals surface area contributed by atoms with Gasteiger partial charge in [-0.1, -0.05) is 127 Å². The number of carbonyl (C=O) groups excluding carboxylic acids is 2. The van der Waals surface area contributed by atoms with Gasteiger partial charge in [0, 0.05) is 12.8 Å². The Labute approximate surface area is 309 Å². The molecule has 0 radical (unpaired) electrons. The molecule has 0 saturated carbocycles. The first-order valence-electron chi connectivity index (χ1n) is 20.1. The highest BCUT2D eigenvalue weighted by Gasteiger charge is 2.36. The molecule has 1 rings (SSSR count). The Morgan fingerprint density at radius 1 is 0.627 bits per heavy atom. The lowest BCUT2D eigenvalue weighted by Crippen LogP contribution is -2.29. The van der Waals surface area contributed by atoms with Crippen molar-refractivity contribution in [3.05, 3.63) is 48.6 Å². The molecule has 10 heteroatoms. The molecule has 0 aromatic heterocycles. The zero-order chi connectivity index (χ0) is 37.3. The fraction of sp³-hybridized carbons (Fsp3) is 0.756. The van der Waals surface area contributed by atoms with E-state index in [1.807, 2.05) is 0 Å². The Bertz CT molecular complexity index is 1030. The Kier molecular flexibility index (Phi) is 30.0. The molecule has 1 aliphatic rings. The summed E-state index contributed by atoms with van der Waals surface area (Å²) in [4.78, 5) is 42.9. The molecule has 0 amide bonds. The number of phosphoric acid groups is 1. The van der Waals surface area contributed by atoms with Gasteiger partial charge < -0.3 is 24.0 Å². The molecule has 2 N–H and O–H groups in total. The monoisotopic (exact) mass is 738 g/mol. The third kappa shape index (κ3) is 32.4. The van der Waals surface area contributed by atoms with Crippen molar-refractivity contribution in [2.75, 3.05) is 13.2 Å². The number of ether oxygens (including phenoxy) is 3. The van der Waals surface area contributed by atoms with Crippen LogP contribution in [-0.2, 0) is 32.9 Å². The molecule has 0 aromatic rings. The summed E-state index contributed by atoms with van der Waals surface area (Å²) in [6.45, 7) is 3.57. The normalized spacial score (nSPS) is 16.9. The summed E-state index contributed by atoms with van der Waals surface area (Å²) >= 11 is 0. The molecule has 294 valence electrons. The number of allylic oxidation sites excluding steroid dienone is 7. The molecular weight excluding hydrogens is 667 g/mol. The highest BCUT2D eigenvalue weighted by molar-refractivity contribution is 7.46. The van der Waals surface area contributed by atoms with E-state index in [4.69, 9.17) is 24.0 Å². The minimum Gasteiger partial charge on any atom is -0.462 e. The maximum absolute atomic E-state index is 12.5. The van der Waals surface area contributed by atoms with Crippen LogP contribution in [0.5, 0.6) is 0 Å². The summed E-state index contributed by atoms with van der Waals surface area (Å²) < 4.78 is 32.1. The quantitative estimate of drug-likeness (QED) is 0.0214. The topological polar surface area (TPSA) is 132 Å². The summed E-state index contributed by atoms with van der Waals surface area (Å²) in [5.74, 6) is -0.973. The lowest BCUT2D eigenvalue weighted by molar-refractivity contribution is -0.161. The van der Waals surface area contributed by atoms with E-state index in [-0.39, 0.29) is 31.7 Å². The predicted octanol–water partition coefficient (Wildman–Crippen LogP) is 10.9. The minimum absolute atomic E-state index is 0.113. The first-order chi connectivity index (χ1) is 24.7. The van der Waals surface area contributed by atoms with E-state index >= 15 is 0 Å². The number of hydrogen-bond acceptors (Lipinski definition) is 7. The predicted molar refractivity (Wildman–Crippen MR) is 206 cm³/mol. The average molecular weight is 739 g/mol. The molecule has 1 fully saturated rings. The smallest absolute Gasteiger partial charge is 0.462 e. The summed E-state index contributed by atoms with van der Waals surface area (Å²) in [6, 6.07) is 0. The van der Waals surface area contributed by atoms with E-state index in [0.717, 1.165) is 57.8 Å². The van der Waals surface area contributed by atoms with Gasteiger partial charge in [0.05, 0.1) is 18.8 Å². The van der Waals surface area contributed by atoms with Crippen molar-refractivity contribution in [2.24, 2.45) is 0 Å². The van der Waals surface area contributed by atoms with Crippen molar-refractivity contribution in [1.82, 2.24) is 0 Å². The van der Waals surface area contributed by atoms with Crippen LogP contribution >= 0.6 is 7.82 Å². The number of hydrogen-bond donors (Lipinski definition) is 2. The second-order valence-electron chi connectivity index (χ2n) is 13.6. The lowest BCUT2D eigenvalue weighted by Gasteiger charge is -2.18. The van der Waals surface area contributed by atoms with Crippen LogP contribution in [0.2, 0.25) is 0 Å². The molecule has 1 aliphatic heterocycles. The number of rotatable bonds is 35. The molecule has 1 saturated heterocycles. The molecule has 51 heavy (non-hydrogen) atoms. The van der Waals surface area contributed by atoms with Gasteiger partial charge in [-0.3, -0.25) is 14.1 Å². The van der Waals surface area contributed by atoms with Crippen molar-refractivity contribution < 1.29 is 42.7 Å². The van der Waals surface area contributed by atoms with Gasteiger partial charge in [-0.05, 0) is 77.0 Å². The van der Waals surface area contributed by atoms with Gasteiger partial charge in [0.15, 0.2) is 6.10 Å². The van der Waals surface area contributed by atoms with E-state index in [9.17, 15) is 14.2 Å². The third-order valence-electron chi connectivity index (χ3n) is 8.74. The average Bonchev–Trinajstić information content (AvgIpc) is 3.85. The number of unbranched alkanes of at least 4 members (excludes halogenated alkanes) is 14. The van der Waals surface area contributed by atoms with Crippen LogP contribution in [0.4, 0.5) is 0 Å². The number of carbonyl (C=O) groups is 2. The van der Waals surface area contributed by atoms with Gasteiger partial charge in [0.25, 0.3) is 0 Å². The molecule has 9 nitrogen and oxygen atoms in total. The van der Waals surface area contributed by atoms with Gasteiger partial charge in [-0.25, -0.2) is 4.57 Å². The molecule has 2 unspecified atom stereocenters. The zero-order valence-corrected chi connectivity index (χ0v) is 32.8. The molecule has 0 spiro atoms. The third-order valence-corrected chi connectivity index (χ3v) is 9.23. The Hall–Kier alpha value is -2.03. The Balaban J connectivity index is 2.15. The van der Waals surface area contributed by atoms with Crippen LogP contribution in [0.15, 0.2) is 48.6 Å². The summed E-state index contributed by atoms with van der Waals surface area (Å²) in [7, 11) is -4.78. The standard InChI is InChI=1S/C41H71O9P/c1-3-5-7-9-11-13-15-17-18-19-21-23-25-27-29-33-40(42)47-35-37(36-48-51(44,45)46)49-41(43)34-30-32-39-38(50-39)31-28-26-24-22-20-16-14-12-10-8-6-4-2/h12,14,17-18,20,22,26,28,37-39H,3-11,13,15-16,19,21,23-25,27,29-36H2,1-2H3,(H2,44,45,46)/b14-12-,18-17-,22-20-,28-26-/t37-,38?,39?/m1/s1. The second-order valence-corrected chi connectivity index (χ2v) is 14.9. The van der Waals surface area contributed by atoms with E-state index < -0.39 is 32.5 Å². The van der Waals surface area contributed by atoms with Gasteiger partial charge >= 0.3 is 19.8 Å². The highest BCUT2D eigenvalue weighted by Crippen LogP contribution is 2.36. The van der Waals surface area contributed by atoms with Crippen molar-refractivity contribution in [3.63, 3.8) is 0 Å². The molecule has 0 aromatic carbocycles. The number of phosphoric ester groups is 1. The Morgan fingerprint density at radius 2 is 1.14 bits per heavy atom. The Morgan fingerprint density at radius 3 is 1.78 bits per heavy atom. The maximum atomic E-state index is 12.5. The van der Waals surface area contributed by atoms with Crippen molar-refractivity contribution in [3.8, 4) is 0 Å². The minimum atomic E-state index is -4.78. The van der Waals surface area contributed by atoms with E-state index in [2.05, 4.69) is 67.0 Å². The summed E-state index contributed by atoms with van der Waals surface area (Å²) in [6.07, 6.45) is 41.3. The van der Waals surface area contributed by atoms with Crippen LogP contribution in [0.3, 0.4) is 0 Å². The molecule has 0 aliphatic carbocycles. The van der Waals surface area contributed by atoms with Crippen LogP contribution in [0.25, 0.3) is 0 Å². The summed E-state index contributed by atoms with van der Waals surface area (Å²) in [5.41, 5.74) is 0. The lowest BCUT2D eigenvalue weighted by atomic mass is 10.1. The van der Waals surface area contributed by atoms with Crippen LogP contribution < -0.4 is 0 Å². The van der Waals surface area contributed by atoms with E-state index in [0.29, 0.717) is 19.3 Å². The highest BCUT2D eigenvalue weighted by atomic mass is 31.2. The van der Waals surface area contributed by atoms with E-state index in [1.165, 1.54) is 64.2 Å². The first kappa shape index (κ1) is 47.0. The van der Waals surface area contributed by atoms with Gasteiger partial charge in [0.2, 0.25) is 0 Å². The van der Waals surface area contributed by atoms with Crippen molar-refractivity contribution >= 4 is 19.8 Å². The fourth-order valence-corrected chi connectivity index (χ4v) is 5.99. The summed E-state index contributed by atoms with van der Waals surface area (Å²) in [5, 5.41) is 0. The molecular formula is C41H71O9P. The van der Waals surface area contributed by atoms with Crippen LogP contribution in [-0.4, -0.2) is 53.3 Å². The molecule has 1 heterocycles. The van der Waals surface area contributed by atoms with Crippen molar-refractivity contribution in [1.29, 1.82) is 0 Å². The maximum Gasteiger partial charge on any atom is 0.469 e. The van der Waals surface area contributed by atoms with E-state index in [1.54, 1.807) is 0 Å². The van der Waals surface area contributed by atoms with Crippen LogP contribution in [0, 0.1) is 0 Å². The second kappa shape index (κ2) is 32.6. The number of epoxide rings is 1. The zero-order valence-electron chi connectivity index (χ0n) is 31.9. The molecule has 0 bridgehead atoms. The first-order valence-corrected chi connectivity index (χ1v) is 21.6. The number of esters is 2. The largest absolute Gasteiger partial charge is 0.469 e. The van der Waals surface area contributed by atoms with Gasteiger partial charge in [0.1, 0.15) is 6.61 Å². The molecule has 3 atom stereocenters. The van der Waals surface area contributed by atoms with Gasteiger partial charge in [-0.2, -0.15) is 0 Å². The van der Waals surface area contributed by atoms with Gasteiger partial charge in [-0.15, -0.1) is 0 Å².